The van der Waals surface area contributed by atoms with Crippen LogP contribution in [-0.4, -0.2) is 34.8 Å². The van der Waals surface area contributed by atoms with Gasteiger partial charge in [0, 0.05) is 16.3 Å². The van der Waals surface area contributed by atoms with E-state index in [4.69, 9.17) is 9.47 Å². The molecule has 1 amide bonds. The molecule has 0 saturated heterocycles. The van der Waals surface area contributed by atoms with Gasteiger partial charge in [-0.25, -0.2) is 9.97 Å². The van der Waals surface area contributed by atoms with Gasteiger partial charge in [0.25, 0.3) is 0 Å². The highest BCUT2D eigenvalue weighted by atomic mass is 32.2. The maximum Gasteiger partial charge on any atom is 0.234 e. The topological polar surface area (TPSA) is 73.3 Å². The zero-order valence-corrected chi connectivity index (χ0v) is 18.0. The smallest absolute Gasteiger partial charge is 0.234 e. The number of carbonyl (C=O) groups excluding carboxylic acids is 1. The van der Waals surface area contributed by atoms with Crippen molar-refractivity contribution in [3.05, 3.63) is 35.0 Å². The number of rotatable bonds is 8. The molecule has 0 fully saturated rings. The van der Waals surface area contributed by atoms with Gasteiger partial charge in [-0.2, -0.15) is 0 Å². The molecule has 0 unspecified atom stereocenters. The van der Waals surface area contributed by atoms with Gasteiger partial charge in [0.2, 0.25) is 5.91 Å². The van der Waals surface area contributed by atoms with Crippen LogP contribution in [0.4, 0.5) is 5.69 Å². The molecular weight excluding hydrogens is 394 g/mol. The van der Waals surface area contributed by atoms with E-state index in [1.165, 1.54) is 22.2 Å². The second kappa shape index (κ2) is 9.25. The highest BCUT2D eigenvalue weighted by Gasteiger charge is 2.15. The lowest BCUT2D eigenvalue weighted by atomic mass is 10.2. The molecule has 1 aromatic carbocycles. The summed E-state index contributed by atoms with van der Waals surface area (Å²) in [5.74, 6) is 1.43. The molecule has 0 atom stereocenters. The zero-order chi connectivity index (χ0) is 20.1. The van der Waals surface area contributed by atoms with Crippen molar-refractivity contribution in [2.24, 2.45) is 0 Å². The van der Waals surface area contributed by atoms with Crippen molar-refractivity contribution < 1.29 is 14.3 Å². The summed E-state index contributed by atoms with van der Waals surface area (Å²) in [4.78, 5) is 23.5. The fraction of sp³-hybridized carbons (Fsp3) is 0.350. The van der Waals surface area contributed by atoms with Crippen molar-refractivity contribution in [2.75, 3.05) is 24.3 Å². The Morgan fingerprint density at radius 1 is 1.18 bits per heavy atom. The van der Waals surface area contributed by atoms with Gasteiger partial charge in [-0.1, -0.05) is 11.8 Å². The number of hydrogen-bond donors (Lipinski definition) is 1. The molecule has 0 radical (unpaired) electrons. The van der Waals surface area contributed by atoms with Gasteiger partial charge < -0.3 is 14.8 Å². The van der Waals surface area contributed by atoms with Crippen molar-refractivity contribution in [3.8, 4) is 11.5 Å². The number of nitrogens with one attached hydrogen (secondary N) is 1. The number of fused-ring (bicyclic) bond motifs is 1. The molecule has 0 bridgehead atoms. The number of aromatic nitrogens is 2. The van der Waals surface area contributed by atoms with Gasteiger partial charge in [-0.3, -0.25) is 4.79 Å². The quantitative estimate of drug-likeness (QED) is 0.418. The maximum absolute atomic E-state index is 12.6. The predicted octanol–water partition coefficient (Wildman–Crippen LogP) is 4.84. The number of ether oxygens (including phenoxy) is 2. The number of anilines is 1. The summed E-state index contributed by atoms with van der Waals surface area (Å²) in [5, 5.41) is 4.79. The first-order chi connectivity index (χ1) is 13.5. The third-order valence-electron chi connectivity index (χ3n) is 4.11. The number of amides is 1. The van der Waals surface area contributed by atoms with E-state index in [1.54, 1.807) is 23.7 Å². The molecule has 0 spiro atoms. The van der Waals surface area contributed by atoms with Crippen LogP contribution in [-0.2, 0) is 4.79 Å². The Kier molecular flexibility index (Phi) is 6.74. The van der Waals surface area contributed by atoms with Crippen LogP contribution in [0.15, 0.2) is 29.6 Å². The molecule has 8 heteroatoms. The first kappa shape index (κ1) is 20.4. The summed E-state index contributed by atoms with van der Waals surface area (Å²) in [7, 11) is 0. The molecule has 148 valence electrons. The number of carbonyl (C=O) groups is 1. The Labute approximate surface area is 172 Å². The second-order valence-corrected chi connectivity index (χ2v) is 8.17. The fourth-order valence-corrected chi connectivity index (χ4v) is 4.64. The number of nitrogens with zero attached hydrogens (tertiary/aromatic N) is 2. The number of thiophene rings is 1. The Bertz CT molecular complexity index is 988. The van der Waals surface area contributed by atoms with Crippen LogP contribution >= 0.6 is 23.1 Å². The van der Waals surface area contributed by atoms with Crippen LogP contribution in [0.5, 0.6) is 11.5 Å². The minimum absolute atomic E-state index is 0.129. The van der Waals surface area contributed by atoms with Gasteiger partial charge in [0.05, 0.1) is 24.7 Å². The van der Waals surface area contributed by atoms with E-state index in [0.717, 1.165) is 15.2 Å². The largest absolute Gasteiger partial charge is 0.494 e. The van der Waals surface area contributed by atoms with E-state index >= 15 is 0 Å². The van der Waals surface area contributed by atoms with E-state index in [2.05, 4.69) is 29.1 Å². The van der Waals surface area contributed by atoms with Gasteiger partial charge in [-0.05, 0) is 45.4 Å². The lowest BCUT2D eigenvalue weighted by Gasteiger charge is -2.13. The molecule has 0 saturated carbocycles. The van der Waals surface area contributed by atoms with E-state index in [9.17, 15) is 4.79 Å². The average Bonchev–Trinajstić information content (AvgIpc) is 2.97. The zero-order valence-electron chi connectivity index (χ0n) is 16.4. The van der Waals surface area contributed by atoms with Crippen LogP contribution in [0.3, 0.4) is 0 Å². The third-order valence-corrected chi connectivity index (χ3v) is 6.21. The molecule has 1 N–H and O–H groups in total. The van der Waals surface area contributed by atoms with Crippen LogP contribution in [0, 0.1) is 13.8 Å². The van der Waals surface area contributed by atoms with E-state index in [0.29, 0.717) is 30.4 Å². The molecule has 6 nitrogen and oxygen atoms in total. The Morgan fingerprint density at radius 2 is 1.96 bits per heavy atom. The number of thioether (sulfide) groups is 1. The van der Waals surface area contributed by atoms with Crippen LogP contribution in [0.1, 0.15) is 24.3 Å². The Balaban J connectivity index is 1.73. The van der Waals surface area contributed by atoms with Gasteiger partial charge in [0.1, 0.15) is 27.7 Å². The molecule has 2 aromatic heterocycles. The number of hydrogen-bond acceptors (Lipinski definition) is 7. The lowest BCUT2D eigenvalue weighted by Crippen LogP contribution is -2.15. The second-order valence-electron chi connectivity index (χ2n) is 6.00. The van der Waals surface area contributed by atoms with Crippen LogP contribution < -0.4 is 14.8 Å². The number of benzene rings is 1. The van der Waals surface area contributed by atoms with Gasteiger partial charge in [0.15, 0.2) is 0 Å². The minimum atomic E-state index is -0.129. The Hall–Kier alpha value is -2.32. The third kappa shape index (κ3) is 4.56. The summed E-state index contributed by atoms with van der Waals surface area (Å²) < 4.78 is 11.1. The Morgan fingerprint density at radius 3 is 2.71 bits per heavy atom. The SMILES string of the molecule is CCOc1ccc(OCC)c(NC(=O)CSc2ncnc3sc(C)c(C)c23)c1. The summed E-state index contributed by atoms with van der Waals surface area (Å²) in [6.07, 6.45) is 1.55. The summed E-state index contributed by atoms with van der Waals surface area (Å²) in [5.41, 5.74) is 1.78. The summed E-state index contributed by atoms with van der Waals surface area (Å²) >= 11 is 3.06. The van der Waals surface area contributed by atoms with Crippen molar-refractivity contribution in [1.29, 1.82) is 0 Å². The number of aryl methyl sites for hydroxylation is 2. The monoisotopic (exact) mass is 417 g/mol. The first-order valence-corrected chi connectivity index (χ1v) is 10.9. The van der Waals surface area contributed by atoms with E-state index in [1.807, 2.05) is 26.0 Å². The summed E-state index contributed by atoms with van der Waals surface area (Å²) in [6.45, 7) is 9.03. The molecule has 0 aliphatic rings. The average molecular weight is 418 g/mol. The molecule has 28 heavy (non-hydrogen) atoms. The van der Waals surface area contributed by atoms with Crippen LogP contribution in [0.25, 0.3) is 10.2 Å². The molecule has 3 aromatic rings. The fourth-order valence-electron chi connectivity index (χ4n) is 2.72. The summed E-state index contributed by atoms with van der Waals surface area (Å²) in [6, 6.07) is 5.42. The van der Waals surface area contributed by atoms with Crippen molar-refractivity contribution >= 4 is 44.9 Å². The normalized spacial score (nSPS) is 10.9. The van der Waals surface area contributed by atoms with Crippen molar-refractivity contribution in [2.45, 2.75) is 32.7 Å². The standard InChI is InChI=1S/C20H23N3O3S2/c1-5-25-14-7-8-16(26-6-2)15(9-14)23-17(24)10-27-19-18-12(3)13(4)28-20(18)22-11-21-19/h7-9,11H,5-6,10H2,1-4H3,(H,23,24). The van der Waals surface area contributed by atoms with Crippen LogP contribution in [0.2, 0.25) is 0 Å². The molecule has 0 aliphatic carbocycles. The van der Waals surface area contributed by atoms with E-state index in [-0.39, 0.29) is 11.7 Å². The highest BCUT2D eigenvalue weighted by Crippen LogP contribution is 2.35. The van der Waals surface area contributed by atoms with Crippen molar-refractivity contribution in [3.63, 3.8) is 0 Å². The molecule has 2 heterocycles. The lowest BCUT2D eigenvalue weighted by molar-refractivity contribution is -0.113. The van der Waals surface area contributed by atoms with E-state index < -0.39 is 0 Å². The van der Waals surface area contributed by atoms with Gasteiger partial charge in [-0.15, -0.1) is 11.3 Å². The highest BCUT2D eigenvalue weighted by molar-refractivity contribution is 8.00. The molecule has 0 aliphatic heterocycles. The first-order valence-electron chi connectivity index (χ1n) is 9.06. The predicted molar refractivity (Wildman–Crippen MR) is 115 cm³/mol. The molecule has 3 rings (SSSR count). The van der Waals surface area contributed by atoms with Gasteiger partial charge >= 0.3 is 0 Å². The maximum atomic E-state index is 12.6. The van der Waals surface area contributed by atoms with Crippen molar-refractivity contribution in [1.82, 2.24) is 9.97 Å². The molecular formula is C20H23N3O3S2. The minimum Gasteiger partial charge on any atom is -0.494 e.